The van der Waals surface area contributed by atoms with Gasteiger partial charge < -0.3 is 16.2 Å². The first-order valence-electron chi connectivity index (χ1n) is 4.15. The van der Waals surface area contributed by atoms with E-state index in [0.717, 1.165) is 0 Å². The molecular formula is C8H16N2O3. The van der Waals surface area contributed by atoms with Crippen LogP contribution in [0, 0.1) is 5.92 Å². The number of carboxylic acids is 1. The van der Waals surface area contributed by atoms with Crippen LogP contribution in [0.3, 0.4) is 0 Å². The largest absolute Gasteiger partial charge is 0.480 e. The number of carboxylic acid groups (broad SMARTS) is 1. The van der Waals surface area contributed by atoms with Gasteiger partial charge in [0.05, 0.1) is 0 Å². The van der Waals surface area contributed by atoms with Crippen molar-refractivity contribution in [3.05, 3.63) is 0 Å². The Labute approximate surface area is 77.3 Å². The average Bonchev–Trinajstić information content (AvgIpc) is 2.02. The molecule has 1 amide bonds. The molecule has 0 aromatic carbocycles. The third kappa shape index (κ3) is 3.89. The molecule has 0 saturated carbocycles. The second-order valence-corrected chi connectivity index (χ2v) is 3.22. The predicted octanol–water partition coefficient (Wildman–Crippen LogP) is -0.441. The lowest BCUT2D eigenvalue weighted by molar-refractivity contribution is -0.141. The van der Waals surface area contributed by atoms with Gasteiger partial charge in [0.15, 0.2) is 0 Å². The summed E-state index contributed by atoms with van der Waals surface area (Å²) in [7, 11) is 0. The molecule has 5 heteroatoms. The van der Waals surface area contributed by atoms with E-state index in [2.05, 4.69) is 5.32 Å². The number of amides is 1. The highest BCUT2D eigenvalue weighted by Crippen LogP contribution is 1.99. The average molecular weight is 188 g/mol. The van der Waals surface area contributed by atoms with Gasteiger partial charge in [0.2, 0.25) is 5.91 Å². The molecule has 0 saturated heterocycles. The van der Waals surface area contributed by atoms with Crippen LogP contribution >= 0.6 is 0 Å². The second kappa shape index (κ2) is 4.81. The summed E-state index contributed by atoms with van der Waals surface area (Å²) in [5.74, 6) is -1.75. The van der Waals surface area contributed by atoms with Gasteiger partial charge >= 0.3 is 5.97 Å². The van der Waals surface area contributed by atoms with Crippen molar-refractivity contribution in [1.29, 1.82) is 0 Å². The van der Waals surface area contributed by atoms with E-state index in [9.17, 15) is 9.59 Å². The number of rotatable bonds is 4. The van der Waals surface area contributed by atoms with Crippen LogP contribution in [-0.4, -0.2) is 29.1 Å². The predicted molar refractivity (Wildman–Crippen MR) is 48.1 cm³/mol. The van der Waals surface area contributed by atoms with E-state index in [4.69, 9.17) is 10.8 Å². The molecule has 0 rings (SSSR count). The normalized spacial score (nSPS) is 17.2. The minimum Gasteiger partial charge on any atom is -0.480 e. The van der Waals surface area contributed by atoms with Gasteiger partial charge in [0.25, 0.3) is 0 Å². The van der Waals surface area contributed by atoms with Crippen LogP contribution in [0.25, 0.3) is 0 Å². The molecule has 13 heavy (non-hydrogen) atoms. The first-order valence-corrected chi connectivity index (χ1v) is 4.15. The second-order valence-electron chi connectivity index (χ2n) is 3.22. The number of carbonyl (C=O) groups excluding carboxylic acids is 1. The zero-order valence-electron chi connectivity index (χ0n) is 8.07. The number of carbonyl (C=O) groups is 2. The summed E-state index contributed by atoms with van der Waals surface area (Å²) >= 11 is 0. The van der Waals surface area contributed by atoms with Crippen molar-refractivity contribution in [2.45, 2.75) is 32.9 Å². The smallest absolute Gasteiger partial charge is 0.325 e. The lowest BCUT2D eigenvalue weighted by Gasteiger charge is -2.17. The van der Waals surface area contributed by atoms with Crippen LogP contribution in [0.2, 0.25) is 0 Å². The molecule has 76 valence electrons. The first kappa shape index (κ1) is 11.9. The van der Waals surface area contributed by atoms with Crippen molar-refractivity contribution < 1.29 is 14.7 Å². The molecule has 0 aliphatic rings. The van der Waals surface area contributed by atoms with E-state index in [-0.39, 0.29) is 17.9 Å². The maximum absolute atomic E-state index is 11.2. The third-order valence-corrected chi connectivity index (χ3v) is 1.93. The molecular weight excluding hydrogens is 172 g/mol. The summed E-state index contributed by atoms with van der Waals surface area (Å²) in [4.78, 5) is 21.6. The molecule has 0 aliphatic heterocycles. The highest BCUT2D eigenvalue weighted by atomic mass is 16.4. The maximum atomic E-state index is 11.2. The molecule has 0 spiro atoms. The Balaban J connectivity index is 4.08. The van der Waals surface area contributed by atoms with Gasteiger partial charge in [-0.1, -0.05) is 6.92 Å². The zero-order valence-corrected chi connectivity index (χ0v) is 8.07. The number of hydrogen-bond acceptors (Lipinski definition) is 3. The SMILES string of the molecule is CC(N)C(C)C(=O)N[C@H](C)C(=O)O. The highest BCUT2D eigenvalue weighted by Gasteiger charge is 2.21. The molecule has 0 aromatic rings. The minimum atomic E-state index is -1.05. The molecule has 0 aliphatic carbocycles. The molecule has 4 N–H and O–H groups in total. The van der Waals surface area contributed by atoms with Gasteiger partial charge in [-0.3, -0.25) is 9.59 Å². The fraction of sp³-hybridized carbons (Fsp3) is 0.750. The summed E-state index contributed by atoms with van der Waals surface area (Å²) in [6.45, 7) is 4.78. The highest BCUT2D eigenvalue weighted by molar-refractivity contribution is 5.84. The van der Waals surface area contributed by atoms with E-state index in [1.807, 2.05) is 0 Å². The Morgan fingerprint density at radius 2 is 1.77 bits per heavy atom. The summed E-state index contributed by atoms with van der Waals surface area (Å²) < 4.78 is 0. The first-order chi connectivity index (χ1) is 5.86. The summed E-state index contributed by atoms with van der Waals surface area (Å²) in [6.07, 6.45) is 0. The number of nitrogens with two attached hydrogens (primary N) is 1. The van der Waals surface area contributed by atoms with Crippen molar-refractivity contribution in [2.75, 3.05) is 0 Å². The van der Waals surface area contributed by atoms with Crippen molar-refractivity contribution in [3.63, 3.8) is 0 Å². The third-order valence-electron chi connectivity index (χ3n) is 1.93. The van der Waals surface area contributed by atoms with Crippen molar-refractivity contribution in [1.82, 2.24) is 5.32 Å². The van der Waals surface area contributed by atoms with Crippen molar-refractivity contribution in [3.8, 4) is 0 Å². The molecule has 0 heterocycles. The fourth-order valence-corrected chi connectivity index (χ4v) is 0.645. The van der Waals surface area contributed by atoms with E-state index in [1.54, 1.807) is 13.8 Å². The Kier molecular flexibility index (Phi) is 4.40. The monoisotopic (exact) mass is 188 g/mol. The van der Waals surface area contributed by atoms with Crippen LogP contribution in [0.5, 0.6) is 0 Å². The van der Waals surface area contributed by atoms with E-state index >= 15 is 0 Å². The van der Waals surface area contributed by atoms with Crippen molar-refractivity contribution >= 4 is 11.9 Å². The molecule has 0 radical (unpaired) electrons. The number of nitrogens with one attached hydrogen (secondary N) is 1. The number of hydrogen-bond donors (Lipinski definition) is 3. The minimum absolute atomic E-state index is 0.277. The van der Waals surface area contributed by atoms with Crippen LogP contribution in [-0.2, 0) is 9.59 Å². The fourth-order valence-electron chi connectivity index (χ4n) is 0.645. The Morgan fingerprint density at radius 3 is 2.08 bits per heavy atom. The van der Waals surface area contributed by atoms with Gasteiger partial charge in [-0.25, -0.2) is 0 Å². The molecule has 0 fully saturated rings. The molecule has 3 atom stereocenters. The van der Waals surface area contributed by atoms with E-state index in [0.29, 0.717) is 0 Å². The maximum Gasteiger partial charge on any atom is 0.325 e. The van der Waals surface area contributed by atoms with Crippen LogP contribution in [0.4, 0.5) is 0 Å². The topological polar surface area (TPSA) is 92.4 Å². The summed E-state index contributed by atoms with van der Waals surface area (Å²) in [6, 6.07) is -1.14. The molecule has 0 bridgehead atoms. The summed E-state index contributed by atoms with van der Waals surface area (Å²) in [5, 5.41) is 10.8. The standard InChI is InChI=1S/C8H16N2O3/c1-4(5(2)9)7(11)10-6(3)8(12)13/h4-6H,9H2,1-3H3,(H,10,11)(H,12,13)/t4?,5?,6-/m1/s1. The van der Waals surface area contributed by atoms with Gasteiger partial charge in [-0.05, 0) is 13.8 Å². The Hall–Kier alpha value is -1.10. The molecule has 0 aromatic heterocycles. The van der Waals surface area contributed by atoms with Crippen molar-refractivity contribution in [2.24, 2.45) is 11.7 Å². The van der Waals surface area contributed by atoms with Crippen LogP contribution in [0.1, 0.15) is 20.8 Å². The molecule has 2 unspecified atom stereocenters. The van der Waals surface area contributed by atoms with E-state index < -0.39 is 12.0 Å². The van der Waals surface area contributed by atoms with E-state index in [1.165, 1.54) is 6.92 Å². The lowest BCUT2D eigenvalue weighted by atomic mass is 10.0. The van der Waals surface area contributed by atoms with Gasteiger partial charge in [-0.15, -0.1) is 0 Å². The zero-order chi connectivity index (χ0) is 10.6. The lowest BCUT2D eigenvalue weighted by Crippen LogP contribution is -2.45. The molecule has 5 nitrogen and oxygen atoms in total. The summed E-state index contributed by atoms with van der Waals surface area (Å²) in [5.41, 5.74) is 5.48. The quantitative estimate of drug-likeness (QED) is 0.557. The van der Waals surface area contributed by atoms with Gasteiger partial charge in [0, 0.05) is 12.0 Å². The Bertz CT molecular complexity index is 204. The van der Waals surface area contributed by atoms with Gasteiger partial charge in [0.1, 0.15) is 6.04 Å². The Morgan fingerprint density at radius 1 is 1.31 bits per heavy atom. The van der Waals surface area contributed by atoms with Crippen LogP contribution < -0.4 is 11.1 Å². The number of aliphatic carboxylic acids is 1. The van der Waals surface area contributed by atoms with Gasteiger partial charge in [-0.2, -0.15) is 0 Å². The van der Waals surface area contributed by atoms with Crippen LogP contribution in [0.15, 0.2) is 0 Å².